The number of rotatable bonds is 4. The number of ketones is 1. The Morgan fingerprint density at radius 2 is 2.28 bits per heavy atom. The lowest BCUT2D eigenvalue weighted by Gasteiger charge is -2.22. The molecule has 2 rings (SSSR count). The van der Waals surface area contributed by atoms with E-state index in [1.807, 2.05) is 0 Å². The average Bonchev–Trinajstić information content (AvgIpc) is 2.87. The normalized spacial score (nSPS) is 18.9. The highest BCUT2D eigenvalue weighted by Crippen LogP contribution is 2.24. The van der Waals surface area contributed by atoms with E-state index in [1.165, 1.54) is 0 Å². The first kappa shape index (κ1) is 13.0. The van der Waals surface area contributed by atoms with Crippen LogP contribution in [0.25, 0.3) is 0 Å². The fourth-order valence-corrected chi connectivity index (χ4v) is 2.39. The van der Waals surface area contributed by atoms with Crippen LogP contribution in [0.3, 0.4) is 0 Å². The molecule has 0 amide bonds. The van der Waals surface area contributed by atoms with Crippen molar-refractivity contribution in [2.75, 3.05) is 16.8 Å². The topological polar surface area (TPSA) is 70.5 Å². The van der Waals surface area contributed by atoms with Gasteiger partial charge < -0.3 is 10.0 Å². The summed E-state index contributed by atoms with van der Waals surface area (Å²) < 4.78 is 0. The van der Waals surface area contributed by atoms with Crippen LogP contribution in [0.2, 0.25) is 0 Å². The SMILES string of the molecule is O=C(CBr)c1cccc(N2CCCC2C(=O)O)n1. The fourth-order valence-electron chi connectivity index (χ4n) is 2.10. The maximum absolute atomic E-state index is 11.6. The van der Waals surface area contributed by atoms with Crippen molar-refractivity contribution in [3.05, 3.63) is 23.9 Å². The van der Waals surface area contributed by atoms with Crippen LogP contribution in [0, 0.1) is 0 Å². The van der Waals surface area contributed by atoms with E-state index in [0.717, 1.165) is 6.42 Å². The van der Waals surface area contributed by atoms with Crippen molar-refractivity contribution in [1.82, 2.24) is 4.98 Å². The fraction of sp³-hybridized carbons (Fsp3) is 0.417. The summed E-state index contributed by atoms with van der Waals surface area (Å²) >= 11 is 3.10. The highest BCUT2D eigenvalue weighted by atomic mass is 79.9. The Balaban J connectivity index is 2.28. The van der Waals surface area contributed by atoms with Crippen molar-refractivity contribution in [3.63, 3.8) is 0 Å². The molecular formula is C12H13BrN2O3. The molecule has 1 saturated heterocycles. The van der Waals surface area contributed by atoms with E-state index in [0.29, 0.717) is 24.5 Å². The van der Waals surface area contributed by atoms with Crippen LogP contribution < -0.4 is 4.90 Å². The Morgan fingerprint density at radius 3 is 2.94 bits per heavy atom. The lowest BCUT2D eigenvalue weighted by molar-refractivity contribution is -0.138. The Morgan fingerprint density at radius 1 is 1.50 bits per heavy atom. The summed E-state index contributed by atoms with van der Waals surface area (Å²) in [5.41, 5.74) is 0.361. The Kier molecular flexibility index (Phi) is 3.96. The summed E-state index contributed by atoms with van der Waals surface area (Å²) in [6.07, 6.45) is 1.45. The summed E-state index contributed by atoms with van der Waals surface area (Å²) in [5, 5.41) is 9.34. The van der Waals surface area contributed by atoms with Crippen LogP contribution in [-0.2, 0) is 4.79 Å². The van der Waals surface area contributed by atoms with Crippen molar-refractivity contribution in [3.8, 4) is 0 Å². The van der Waals surface area contributed by atoms with E-state index in [1.54, 1.807) is 23.1 Å². The van der Waals surface area contributed by atoms with Crippen molar-refractivity contribution >= 4 is 33.5 Å². The van der Waals surface area contributed by atoms with Gasteiger partial charge >= 0.3 is 5.97 Å². The molecule has 0 saturated carbocycles. The molecule has 0 bridgehead atoms. The molecule has 18 heavy (non-hydrogen) atoms. The molecule has 2 heterocycles. The number of halogens is 1. The van der Waals surface area contributed by atoms with Gasteiger partial charge in [-0.15, -0.1) is 0 Å². The van der Waals surface area contributed by atoms with Crippen LogP contribution in [0.4, 0.5) is 5.82 Å². The minimum atomic E-state index is -0.841. The highest BCUT2D eigenvalue weighted by Gasteiger charge is 2.31. The quantitative estimate of drug-likeness (QED) is 0.677. The van der Waals surface area contributed by atoms with Crippen LogP contribution >= 0.6 is 15.9 Å². The third-order valence-electron chi connectivity index (χ3n) is 2.97. The molecule has 5 nitrogen and oxygen atoms in total. The summed E-state index contributed by atoms with van der Waals surface area (Å²) in [5.74, 6) is -0.388. The predicted octanol–water partition coefficient (Wildman–Crippen LogP) is 1.71. The van der Waals surface area contributed by atoms with Crippen molar-refractivity contribution in [2.45, 2.75) is 18.9 Å². The molecule has 1 unspecified atom stereocenters. The van der Waals surface area contributed by atoms with Gasteiger partial charge in [-0.25, -0.2) is 9.78 Å². The van der Waals surface area contributed by atoms with E-state index >= 15 is 0 Å². The Labute approximate surface area is 113 Å². The number of aliphatic carboxylic acids is 1. The molecule has 0 aliphatic carbocycles. The van der Waals surface area contributed by atoms with Gasteiger partial charge in [-0.2, -0.15) is 0 Å². The van der Waals surface area contributed by atoms with Gasteiger partial charge in [-0.05, 0) is 25.0 Å². The highest BCUT2D eigenvalue weighted by molar-refractivity contribution is 9.09. The summed E-state index contributed by atoms with van der Waals surface area (Å²) in [7, 11) is 0. The van der Waals surface area contributed by atoms with Gasteiger partial charge in [0, 0.05) is 6.54 Å². The number of alkyl halides is 1. The largest absolute Gasteiger partial charge is 0.480 e. The van der Waals surface area contributed by atoms with E-state index in [9.17, 15) is 9.59 Å². The van der Waals surface area contributed by atoms with Gasteiger partial charge in [0.05, 0.1) is 5.33 Å². The van der Waals surface area contributed by atoms with E-state index in [-0.39, 0.29) is 11.1 Å². The molecule has 1 aliphatic rings. The number of aromatic nitrogens is 1. The second-order valence-corrected chi connectivity index (χ2v) is 4.69. The lowest BCUT2D eigenvalue weighted by atomic mass is 10.2. The van der Waals surface area contributed by atoms with E-state index in [2.05, 4.69) is 20.9 Å². The van der Waals surface area contributed by atoms with Gasteiger partial charge in [0.15, 0.2) is 5.78 Å². The van der Waals surface area contributed by atoms with Gasteiger partial charge in [0.1, 0.15) is 17.6 Å². The summed E-state index contributed by atoms with van der Waals surface area (Å²) in [4.78, 5) is 28.7. The van der Waals surface area contributed by atoms with Crippen molar-refractivity contribution < 1.29 is 14.7 Å². The maximum Gasteiger partial charge on any atom is 0.326 e. The predicted molar refractivity (Wildman–Crippen MR) is 70.4 cm³/mol. The maximum atomic E-state index is 11.6. The first-order valence-electron chi connectivity index (χ1n) is 5.69. The second kappa shape index (κ2) is 5.48. The van der Waals surface area contributed by atoms with Crippen LogP contribution in [-0.4, -0.2) is 39.8 Å². The van der Waals surface area contributed by atoms with E-state index < -0.39 is 12.0 Å². The molecule has 0 aromatic carbocycles. The monoisotopic (exact) mass is 312 g/mol. The van der Waals surface area contributed by atoms with Crippen LogP contribution in [0.1, 0.15) is 23.3 Å². The molecule has 6 heteroatoms. The third kappa shape index (κ3) is 2.53. The third-order valence-corrected chi connectivity index (χ3v) is 3.48. The molecule has 0 spiro atoms. The number of Topliss-reactive ketones (excluding diaryl/α,β-unsaturated/α-hetero) is 1. The van der Waals surface area contributed by atoms with Gasteiger partial charge in [0.25, 0.3) is 0 Å². The number of hydrogen-bond donors (Lipinski definition) is 1. The molecule has 1 fully saturated rings. The van der Waals surface area contributed by atoms with Gasteiger partial charge in [0.2, 0.25) is 0 Å². The smallest absolute Gasteiger partial charge is 0.326 e. The number of carboxylic acid groups (broad SMARTS) is 1. The minimum absolute atomic E-state index is 0.108. The average molecular weight is 313 g/mol. The molecule has 96 valence electrons. The molecule has 1 aromatic rings. The minimum Gasteiger partial charge on any atom is -0.480 e. The van der Waals surface area contributed by atoms with Gasteiger partial charge in [-0.3, -0.25) is 4.79 Å². The number of carbonyl (C=O) groups excluding carboxylic acids is 1. The Hall–Kier alpha value is -1.43. The number of carbonyl (C=O) groups is 2. The number of hydrogen-bond acceptors (Lipinski definition) is 4. The standard InChI is InChI=1S/C12H13BrN2O3/c13-7-10(16)8-3-1-5-11(14-8)15-6-2-4-9(15)12(17)18/h1,3,5,9H,2,4,6-7H2,(H,17,18). The van der Waals surface area contributed by atoms with Crippen molar-refractivity contribution in [2.24, 2.45) is 0 Å². The molecule has 1 aliphatic heterocycles. The Bertz CT molecular complexity index is 478. The van der Waals surface area contributed by atoms with Gasteiger partial charge in [-0.1, -0.05) is 22.0 Å². The molecule has 0 radical (unpaired) electrons. The lowest BCUT2D eigenvalue weighted by Crippen LogP contribution is -2.36. The number of anilines is 1. The first-order valence-corrected chi connectivity index (χ1v) is 6.81. The zero-order valence-corrected chi connectivity index (χ0v) is 11.3. The van der Waals surface area contributed by atoms with Crippen LogP contribution in [0.5, 0.6) is 0 Å². The molecular weight excluding hydrogens is 300 g/mol. The first-order chi connectivity index (χ1) is 8.63. The number of carboxylic acids is 1. The summed E-state index contributed by atoms with van der Waals surface area (Å²) in [6, 6.07) is 4.58. The molecule has 1 aromatic heterocycles. The van der Waals surface area contributed by atoms with E-state index in [4.69, 9.17) is 5.11 Å². The van der Waals surface area contributed by atoms with Crippen molar-refractivity contribution in [1.29, 1.82) is 0 Å². The van der Waals surface area contributed by atoms with Crippen LogP contribution in [0.15, 0.2) is 18.2 Å². The number of pyridine rings is 1. The molecule has 1 atom stereocenters. The molecule has 1 N–H and O–H groups in total. The zero-order valence-electron chi connectivity index (χ0n) is 9.67. The summed E-state index contributed by atoms with van der Waals surface area (Å²) in [6.45, 7) is 0.663. The number of nitrogens with zero attached hydrogens (tertiary/aromatic N) is 2. The zero-order chi connectivity index (χ0) is 13.1. The second-order valence-electron chi connectivity index (χ2n) is 4.13.